The van der Waals surface area contributed by atoms with E-state index in [9.17, 15) is 9.59 Å². The fourth-order valence-corrected chi connectivity index (χ4v) is 2.06. The maximum atomic E-state index is 12.0. The maximum absolute atomic E-state index is 12.0. The summed E-state index contributed by atoms with van der Waals surface area (Å²) < 4.78 is 20.8. The summed E-state index contributed by atoms with van der Waals surface area (Å²) in [6.45, 7) is 1.54. The molecule has 0 N–H and O–H groups in total. The molecule has 7 nitrogen and oxygen atoms in total. The zero-order chi connectivity index (χ0) is 17.6. The molecule has 0 saturated carbocycles. The largest absolute Gasteiger partial charge is 0.493 e. The summed E-state index contributed by atoms with van der Waals surface area (Å²) in [5.41, 5.74) is 0.633. The quantitative estimate of drug-likeness (QED) is 0.703. The Kier molecular flexibility index (Phi) is 6.68. The van der Waals surface area contributed by atoms with Crippen molar-refractivity contribution in [3.8, 4) is 17.2 Å². The Balaban J connectivity index is 2.88. The second-order valence-corrected chi connectivity index (χ2v) is 5.08. The first-order chi connectivity index (χ1) is 10.8. The van der Waals surface area contributed by atoms with Crippen LogP contribution in [-0.2, 0) is 20.7 Å². The summed E-state index contributed by atoms with van der Waals surface area (Å²) >= 11 is 0. The van der Waals surface area contributed by atoms with E-state index < -0.39 is 12.1 Å². The maximum Gasteiger partial charge on any atom is 0.311 e. The average Bonchev–Trinajstić information content (AvgIpc) is 2.52. The number of rotatable bonds is 7. The molecule has 1 rings (SSSR count). The van der Waals surface area contributed by atoms with E-state index in [0.717, 1.165) is 0 Å². The summed E-state index contributed by atoms with van der Waals surface area (Å²) in [7, 11) is 7.70. The Labute approximate surface area is 136 Å². The molecule has 0 radical (unpaired) electrons. The summed E-state index contributed by atoms with van der Waals surface area (Å²) in [6, 6.07) is 3.34. The van der Waals surface area contributed by atoms with Gasteiger partial charge in [-0.1, -0.05) is 0 Å². The fraction of sp³-hybridized carbons (Fsp3) is 0.500. The van der Waals surface area contributed by atoms with Crippen LogP contribution in [0.5, 0.6) is 17.2 Å². The van der Waals surface area contributed by atoms with Crippen LogP contribution in [0.4, 0.5) is 0 Å². The Hall–Kier alpha value is -2.44. The number of carbonyl (C=O) groups excluding carboxylic acids is 2. The minimum Gasteiger partial charge on any atom is -0.493 e. The van der Waals surface area contributed by atoms with Gasteiger partial charge < -0.3 is 23.8 Å². The number of amides is 1. The van der Waals surface area contributed by atoms with E-state index in [2.05, 4.69) is 0 Å². The van der Waals surface area contributed by atoms with Gasteiger partial charge in [-0.3, -0.25) is 9.59 Å². The van der Waals surface area contributed by atoms with E-state index in [1.165, 1.54) is 33.2 Å². The van der Waals surface area contributed by atoms with E-state index >= 15 is 0 Å². The molecule has 0 fully saturated rings. The predicted molar refractivity (Wildman–Crippen MR) is 84.1 cm³/mol. The molecule has 0 unspecified atom stereocenters. The molecule has 0 aliphatic heterocycles. The molecular weight excluding hydrogens is 302 g/mol. The van der Waals surface area contributed by atoms with Crippen molar-refractivity contribution < 1.29 is 28.5 Å². The van der Waals surface area contributed by atoms with Crippen LogP contribution in [0.25, 0.3) is 0 Å². The topological polar surface area (TPSA) is 74.3 Å². The standard InChI is InChI=1S/C16H23NO6/c1-10(16(19)17(2)3)23-14(18)9-11-7-12(20-4)15(22-6)13(8-11)21-5/h7-8,10H,9H2,1-6H3/t10-/m1/s1. The van der Waals surface area contributed by atoms with E-state index in [4.69, 9.17) is 18.9 Å². The van der Waals surface area contributed by atoms with Gasteiger partial charge in [-0.2, -0.15) is 0 Å². The molecular formula is C16H23NO6. The molecule has 23 heavy (non-hydrogen) atoms. The molecule has 0 aliphatic rings. The van der Waals surface area contributed by atoms with Crippen LogP contribution in [0.2, 0.25) is 0 Å². The molecule has 0 saturated heterocycles. The lowest BCUT2D eigenvalue weighted by Gasteiger charge is -2.18. The molecule has 0 bridgehead atoms. The summed E-state index contributed by atoms with van der Waals surface area (Å²) in [5, 5.41) is 0. The monoisotopic (exact) mass is 325 g/mol. The number of benzene rings is 1. The summed E-state index contributed by atoms with van der Waals surface area (Å²) in [5.74, 6) is 0.563. The van der Waals surface area contributed by atoms with Gasteiger partial charge in [0.05, 0.1) is 27.8 Å². The molecule has 7 heteroatoms. The first-order valence-electron chi connectivity index (χ1n) is 7.03. The Morgan fingerprint density at radius 1 is 1.04 bits per heavy atom. The van der Waals surface area contributed by atoms with Crippen molar-refractivity contribution in [2.45, 2.75) is 19.4 Å². The van der Waals surface area contributed by atoms with Crippen molar-refractivity contribution in [3.63, 3.8) is 0 Å². The number of hydrogen-bond donors (Lipinski definition) is 0. The molecule has 0 heterocycles. The van der Waals surface area contributed by atoms with Crippen molar-refractivity contribution >= 4 is 11.9 Å². The van der Waals surface area contributed by atoms with Gasteiger partial charge in [-0.15, -0.1) is 0 Å². The third-order valence-electron chi connectivity index (χ3n) is 3.17. The molecule has 1 amide bonds. The zero-order valence-electron chi connectivity index (χ0n) is 14.3. The van der Waals surface area contributed by atoms with E-state index in [-0.39, 0.29) is 12.3 Å². The first kappa shape index (κ1) is 18.6. The minimum absolute atomic E-state index is 0.0121. The van der Waals surface area contributed by atoms with Crippen LogP contribution in [-0.4, -0.2) is 58.3 Å². The third kappa shape index (κ3) is 4.77. The molecule has 1 atom stereocenters. The smallest absolute Gasteiger partial charge is 0.311 e. The van der Waals surface area contributed by atoms with Crippen molar-refractivity contribution in [3.05, 3.63) is 17.7 Å². The Morgan fingerprint density at radius 2 is 1.57 bits per heavy atom. The second-order valence-electron chi connectivity index (χ2n) is 5.08. The minimum atomic E-state index is -0.834. The SMILES string of the molecule is COc1cc(CC(=O)O[C@H](C)C(=O)N(C)C)cc(OC)c1OC. The van der Waals surface area contributed by atoms with Crippen LogP contribution in [0.15, 0.2) is 12.1 Å². The highest BCUT2D eigenvalue weighted by atomic mass is 16.5. The normalized spacial score (nSPS) is 11.4. The molecule has 0 aromatic heterocycles. The van der Waals surface area contributed by atoms with Crippen LogP contribution in [0.1, 0.15) is 12.5 Å². The third-order valence-corrected chi connectivity index (χ3v) is 3.17. The number of methoxy groups -OCH3 is 3. The van der Waals surface area contributed by atoms with Crippen LogP contribution < -0.4 is 14.2 Å². The molecule has 0 spiro atoms. The highest BCUT2D eigenvalue weighted by Gasteiger charge is 2.21. The number of esters is 1. The van der Waals surface area contributed by atoms with E-state index in [1.807, 2.05) is 0 Å². The van der Waals surface area contributed by atoms with Crippen molar-refractivity contribution in [2.75, 3.05) is 35.4 Å². The van der Waals surface area contributed by atoms with Crippen LogP contribution >= 0.6 is 0 Å². The van der Waals surface area contributed by atoms with Crippen molar-refractivity contribution in [2.24, 2.45) is 0 Å². The molecule has 128 valence electrons. The summed E-state index contributed by atoms with van der Waals surface area (Å²) in [6.07, 6.45) is -0.846. The van der Waals surface area contributed by atoms with E-state index in [1.54, 1.807) is 26.2 Å². The van der Waals surface area contributed by atoms with Crippen molar-refractivity contribution in [1.29, 1.82) is 0 Å². The van der Waals surface area contributed by atoms with Crippen molar-refractivity contribution in [1.82, 2.24) is 4.90 Å². The Morgan fingerprint density at radius 3 is 1.96 bits per heavy atom. The highest BCUT2D eigenvalue weighted by Crippen LogP contribution is 2.38. The van der Waals surface area contributed by atoms with Gasteiger partial charge in [0.2, 0.25) is 5.75 Å². The van der Waals surface area contributed by atoms with Gasteiger partial charge in [-0.25, -0.2) is 0 Å². The number of hydrogen-bond acceptors (Lipinski definition) is 6. The average molecular weight is 325 g/mol. The lowest BCUT2D eigenvalue weighted by atomic mass is 10.1. The first-order valence-corrected chi connectivity index (χ1v) is 7.03. The zero-order valence-corrected chi connectivity index (χ0v) is 14.3. The van der Waals surface area contributed by atoms with Crippen LogP contribution in [0.3, 0.4) is 0 Å². The van der Waals surface area contributed by atoms with Gasteiger partial charge in [0.1, 0.15) is 0 Å². The lowest BCUT2D eigenvalue weighted by Crippen LogP contribution is -2.35. The number of nitrogens with zero attached hydrogens (tertiary/aromatic N) is 1. The summed E-state index contributed by atoms with van der Waals surface area (Å²) in [4.78, 5) is 25.1. The van der Waals surface area contributed by atoms with Gasteiger partial charge in [0.15, 0.2) is 17.6 Å². The number of ether oxygens (including phenoxy) is 4. The Bertz CT molecular complexity index is 545. The molecule has 1 aromatic carbocycles. The van der Waals surface area contributed by atoms with Gasteiger partial charge >= 0.3 is 5.97 Å². The second kappa shape index (κ2) is 8.26. The van der Waals surface area contributed by atoms with Gasteiger partial charge in [0.25, 0.3) is 5.91 Å². The lowest BCUT2D eigenvalue weighted by molar-refractivity contribution is -0.157. The van der Waals surface area contributed by atoms with E-state index in [0.29, 0.717) is 22.8 Å². The molecule has 1 aromatic rings. The van der Waals surface area contributed by atoms with Gasteiger partial charge in [-0.05, 0) is 24.6 Å². The van der Waals surface area contributed by atoms with Gasteiger partial charge in [0, 0.05) is 14.1 Å². The molecule has 0 aliphatic carbocycles. The number of carbonyl (C=O) groups is 2. The highest BCUT2D eigenvalue weighted by molar-refractivity contribution is 5.83. The number of likely N-dealkylation sites (N-methyl/N-ethyl adjacent to an activating group) is 1. The predicted octanol–water partition coefficient (Wildman–Crippen LogP) is 1.27. The fourth-order valence-electron chi connectivity index (χ4n) is 2.06. The van der Waals surface area contributed by atoms with Crippen LogP contribution in [0, 0.1) is 0 Å².